The smallest absolute Gasteiger partial charge is 0.293 e. The molecule has 1 aromatic carbocycles. The standard InChI is InChI=1S/C16H20FN3O3/c1-15(2)14(11-6-8-12(17)9-7-11)19(22)16(20(15)23)10-4-3-5-13(16)18-21/h6-9,21,23H,3-5,10H2,1-2H3. The molecule has 1 aliphatic carbocycles. The molecular weight excluding hydrogens is 301 g/mol. The molecule has 124 valence electrons. The molecule has 2 N–H and O–H groups in total. The zero-order chi connectivity index (χ0) is 16.8. The van der Waals surface area contributed by atoms with Gasteiger partial charge in [0, 0.05) is 12.0 Å². The fourth-order valence-corrected chi connectivity index (χ4v) is 3.75. The van der Waals surface area contributed by atoms with Crippen molar-refractivity contribution in [1.82, 2.24) is 5.06 Å². The molecule has 6 nitrogen and oxygen atoms in total. The predicted octanol–water partition coefficient (Wildman–Crippen LogP) is 2.71. The zero-order valence-electron chi connectivity index (χ0n) is 13.2. The van der Waals surface area contributed by atoms with Gasteiger partial charge in [0.15, 0.2) is 0 Å². The number of hydrogen-bond acceptors (Lipinski definition) is 5. The Morgan fingerprint density at radius 1 is 1.26 bits per heavy atom. The number of hydroxylamine groups is 3. The van der Waals surface area contributed by atoms with E-state index in [-0.39, 0.29) is 5.71 Å². The summed E-state index contributed by atoms with van der Waals surface area (Å²) in [5.41, 5.74) is -1.30. The lowest BCUT2D eigenvalue weighted by atomic mass is 9.86. The summed E-state index contributed by atoms with van der Waals surface area (Å²) in [6.45, 7) is 3.43. The van der Waals surface area contributed by atoms with Gasteiger partial charge in [-0.25, -0.2) is 4.39 Å². The molecule has 3 rings (SSSR count). The van der Waals surface area contributed by atoms with Crippen molar-refractivity contribution in [3.05, 3.63) is 40.9 Å². The van der Waals surface area contributed by atoms with E-state index in [0.717, 1.165) is 22.6 Å². The van der Waals surface area contributed by atoms with Crippen molar-refractivity contribution in [2.24, 2.45) is 5.16 Å². The molecule has 0 bridgehead atoms. The lowest BCUT2D eigenvalue weighted by molar-refractivity contribution is -0.568. The monoisotopic (exact) mass is 321 g/mol. The van der Waals surface area contributed by atoms with Crippen LogP contribution in [0.15, 0.2) is 29.4 Å². The van der Waals surface area contributed by atoms with E-state index in [1.807, 2.05) is 0 Å². The highest BCUT2D eigenvalue weighted by Crippen LogP contribution is 2.42. The molecule has 1 atom stereocenters. The van der Waals surface area contributed by atoms with Crippen LogP contribution in [-0.4, -0.2) is 42.8 Å². The van der Waals surface area contributed by atoms with Gasteiger partial charge in [0.25, 0.3) is 5.66 Å². The molecule has 1 fully saturated rings. The van der Waals surface area contributed by atoms with Crippen molar-refractivity contribution in [2.75, 3.05) is 0 Å². The average molecular weight is 321 g/mol. The van der Waals surface area contributed by atoms with Gasteiger partial charge < -0.3 is 15.6 Å². The third kappa shape index (κ3) is 2.07. The maximum atomic E-state index is 13.2. The number of hydrogen-bond donors (Lipinski definition) is 2. The summed E-state index contributed by atoms with van der Waals surface area (Å²) in [7, 11) is 0. The Labute approximate surface area is 133 Å². The van der Waals surface area contributed by atoms with Crippen LogP contribution < -0.4 is 0 Å². The molecule has 0 saturated heterocycles. The number of benzene rings is 1. The second-order valence-electron chi connectivity index (χ2n) is 6.59. The van der Waals surface area contributed by atoms with Crippen molar-refractivity contribution in [2.45, 2.75) is 50.7 Å². The summed E-state index contributed by atoms with van der Waals surface area (Å²) in [4.78, 5) is 0. The minimum Gasteiger partial charge on any atom is -0.622 e. The zero-order valence-corrected chi connectivity index (χ0v) is 13.2. The Balaban J connectivity index is 2.22. The topological polar surface area (TPSA) is 82.1 Å². The predicted molar refractivity (Wildman–Crippen MR) is 82.3 cm³/mol. The molecule has 0 aromatic heterocycles. The van der Waals surface area contributed by atoms with Gasteiger partial charge in [0.1, 0.15) is 17.1 Å². The van der Waals surface area contributed by atoms with Crippen molar-refractivity contribution < 1.29 is 19.5 Å². The largest absolute Gasteiger partial charge is 0.622 e. The lowest BCUT2D eigenvalue weighted by Crippen LogP contribution is -2.60. The van der Waals surface area contributed by atoms with Crippen LogP contribution >= 0.6 is 0 Å². The Morgan fingerprint density at radius 2 is 1.91 bits per heavy atom. The Kier molecular flexibility index (Phi) is 3.65. The molecule has 2 aliphatic rings. The fraction of sp³-hybridized carbons (Fsp3) is 0.500. The van der Waals surface area contributed by atoms with E-state index in [9.17, 15) is 20.0 Å². The van der Waals surface area contributed by atoms with Crippen LogP contribution in [-0.2, 0) is 0 Å². The van der Waals surface area contributed by atoms with Crippen LogP contribution in [0.4, 0.5) is 4.39 Å². The van der Waals surface area contributed by atoms with Crippen LogP contribution in [0.25, 0.3) is 0 Å². The quantitative estimate of drug-likeness (QED) is 0.361. The van der Waals surface area contributed by atoms with Crippen LogP contribution in [0.5, 0.6) is 0 Å². The van der Waals surface area contributed by atoms with Gasteiger partial charge in [0.2, 0.25) is 5.71 Å². The van der Waals surface area contributed by atoms with Crippen LogP contribution in [0, 0.1) is 11.0 Å². The molecule has 1 spiro atoms. The highest BCUT2D eigenvalue weighted by Gasteiger charge is 2.65. The minimum absolute atomic E-state index is 0.256. The molecule has 1 aliphatic heterocycles. The van der Waals surface area contributed by atoms with Crippen LogP contribution in [0.2, 0.25) is 0 Å². The van der Waals surface area contributed by atoms with E-state index in [1.165, 1.54) is 24.3 Å². The van der Waals surface area contributed by atoms with E-state index in [0.29, 0.717) is 24.1 Å². The molecule has 1 heterocycles. The minimum atomic E-state index is -1.40. The van der Waals surface area contributed by atoms with Gasteiger partial charge in [0.05, 0.1) is 0 Å². The summed E-state index contributed by atoms with van der Waals surface area (Å²) < 4.78 is 13.9. The van der Waals surface area contributed by atoms with Gasteiger partial charge in [-0.2, -0.15) is 4.74 Å². The highest BCUT2D eigenvalue weighted by atomic mass is 19.1. The number of rotatable bonds is 1. The summed E-state index contributed by atoms with van der Waals surface area (Å²) in [6, 6.07) is 5.59. The molecule has 1 unspecified atom stereocenters. The third-order valence-electron chi connectivity index (χ3n) is 4.89. The van der Waals surface area contributed by atoms with E-state index in [4.69, 9.17) is 0 Å². The molecule has 1 aromatic rings. The number of halogens is 1. The Morgan fingerprint density at radius 3 is 2.52 bits per heavy atom. The second kappa shape index (κ2) is 5.28. The van der Waals surface area contributed by atoms with Gasteiger partial charge in [-0.3, -0.25) is 0 Å². The average Bonchev–Trinajstić information content (AvgIpc) is 2.68. The Hall–Kier alpha value is -1.99. The molecule has 1 saturated carbocycles. The Bertz CT molecular complexity index is 684. The number of oxime groups is 1. The normalized spacial score (nSPS) is 29.7. The molecular formula is C16H20FN3O3. The van der Waals surface area contributed by atoms with Crippen molar-refractivity contribution in [3.63, 3.8) is 0 Å². The first-order valence-electron chi connectivity index (χ1n) is 7.67. The summed E-state index contributed by atoms with van der Waals surface area (Å²) in [6.07, 6.45) is 2.34. The van der Waals surface area contributed by atoms with Crippen molar-refractivity contribution in [3.8, 4) is 0 Å². The van der Waals surface area contributed by atoms with Crippen LogP contribution in [0.3, 0.4) is 0 Å². The first-order valence-corrected chi connectivity index (χ1v) is 7.67. The first-order chi connectivity index (χ1) is 10.9. The van der Waals surface area contributed by atoms with Crippen molar-refractivity contribution >= 4 is 11.4 Å². The fourth-order valence-electron chi connectivity index (χ4n) is 3.75. The maximum absolute atomic E-state index is 13.2. The SMILES string of the molecule is CC1(C)C(c2ccc(F)cc2)=[N+]([O-])C2(CCCCC2=NO)N1O. The molecule has 7 heteroatoms. The van der Waals surface area contributed by atoms with E-state index in [1.54, 1.807) is 13.8 Å². The third-order valence-corrected chi connectivity index (χ3v) is 4.89. The van der Waals surface area contributed by atoms with Crippen molar-refractivity contribution in [1.29, 1.82) is 0 Å². The molecule has 0 amide bonds. The van der Waals surface area contributed by atoms with Gasteiger partial charge in [-0.05, 0) is 57.4 Å². The molecule has 23 heavy (non-hydrogen) atoms. The van der Waals surface area contributed by atoms with E-state index in [2.05, 4.69) is 5.16 Å². The molecule has 0 radical (unpaired) electrons. The van der Waals surface area contributed by atoms with Gasteiger partial charge in [-0.1, -0.05) is 5.16 Å². The summed E-state index contributed by atoms with van der Waals surface area (Å²) >= 11 is 0. The number of nitrogens with zero attached hydrogens (tertiary/aromatic N) is 3. The van der Waals surface area contributed by atoms with Crippen LogP contribution in [0.1, 0.15) is 45.1 Å². The van der Waals surface area contributed by atoms with Gasteiger partial charge >= 0.3 is 0 Å². The maximum Gasteiger partial charge on any atom is 0.293 e. The van der Waals surface area contributed by atoms with Gasteiger partial charge in [-0.15, -0.1) is 5.06 Å². The highest BCUT2D eigenvalue weighted by molar-refractivity contribution is 6.07. The summed E-state index contributed by atoms with van der Waals surface area (Å²) in [5.74, 6) is -0.395. The lowest BCUT2D eigenvalue weighted by Gasteiger charge is -2.38. The van der Waals surface area contributed by atoms with E-state index < -0.39 is 17.0 Å². The van der Waals surface area contributed by atoms with E-state index >= 15 is 0 Å². The first kappa shape index (κ1) is 15.9. The summed E-state index contributed by atoms with van der Waals surface area (Å²) in [5, 5.41) is 37.6. The second-order valence-corrected chi connectivity index (χ2v) is 6.59.